The SMILES string of the molecule is Cc1c(F)c(F)cc(-c2ccccc2)c1OC(=O)c1cn(C)nc1C(F)F. The molecule has 0 saturated heterocycles. The van der Waals surface area contributed by atoms with Crippen molar-refractivity contribution in [1.82, 2.24) is 9.78 Å². The molecular formula is C19H14F4N2O2. The van der Waals surface area contributed by atoms with E-state index in [9.17, 15) is 22.4 Å². The van der Waals surface area contributed by atoms with Gasteiger partial charge in [0.25, 0.3) is 6.43 Å². The van der Waals surface area contributed by atoms with Gasteiger partial charge in [-0.1, -0.05) is 30.3 Å². The summed E-state index contributed by atoms with van der Waals surface area (Å²) >= 11 is 0. The van der Waals surface area contributed by atoms with Gasteiger partial charge in [-0.25, -0.2) is 22.4 Å². The molecule has 0 aliphatic heterocycles. The molecule has 0 aliphatic carbocycles. The maximum atomic E-state index is 14.0. The van der Waals surface area contributed by atoms with Gasteiger partial charge in [-0.2, -0.15) is 5.10 Å². The number of esters is 1. The van der Waals surface area contributed by atoms with E-state index in [1.165, 1.54) is 14.0 Å². The van der Waals surface area contributed by atoms with Crippen LogP contribution in [-0.2, 0) is 7.05 Å². The molecule has 0 radical (unpaired) electrons. The molecule has 3 rings (SSSR count). The molecule has 4 nitrogen and oxygen atoms in total. The number of rotatable bonds is 4. The Kier molecular flexibility index (Phi) is 4.98. The van der Waals surface area contributed by atoms with Gasteiger partial charge < -0.3 is 4.74 Å². The fourth-order valence-electron chi connectivity index (χ4n) is 2.67. The Bertz CT molecular complexity index is 1000. The van der Waals surface area contributed by atoms with Crippen molar-refractivity contribution in [3.05, 3.63) is 71.1 Å². The molecule has 8 heteroatoms. The van der Waals surface area contributed by atoms with Crippen LogP contribution >= 0.6 is 0 Å². The molecule has 0 amide bonds. The summed E-state index contributed by atoms with van der Waals surface area (Å²) < 4.78 is 60.4. The highest BCUT2D eigenvalue weighted by atomic mass is 19.3. The van der Waals surface area contributed by atoms with Crippen LogP contribution in [0, 0.1) is 18.6 Å². The predicted octanol–water partition coefficient (Wildman–Crippen LogP) is 4.83. The van der Waals surface area contributed by atoms with Gasteiger partial charge in [0.05, 0.1) is 0 Å². The fourth-order valence-corrected chi connectivity index (χ4v) is 2.67. The first-order valence-electron chi connectivity index (χ1n) is 7.87. The molecule has 0 N–H and O–H groups in total. The molecule has 2 aromatic carbocycles. The summed E-state index contributed by atoms with van der Waals surface area (Å²) in [6.07, 6.45) is -1.91. The lowest BCUT2D eigenvalue weighted by Crippen LogP contribution is -2.13. The van der Waals surface area contributed by atoms with Crippen LogP contribution in [0.15, 0.2) is 42.6 Å². The van der Waals surface area contributed by atoms with Crippen LogP contribution in [0.2, 0.25) is 0 Å². The molecule has 0 aliphatic rings. The van der Waals surface area contributed by atoms with E-state index < -0.39 is 35.3 Å². The van der Waals surface area contributed by atoms with Crippen molar-refractivity contribution in [2.24, 2.45) is 7.05 Å². The maximum absolute atomic E-state index is 14.0. The first-order chi connectivity index (χ1) is 12.8. The number of carbonyl (C=O) groups is 1. The Morgan fingerprint density at radius 2 is 1.85 bits per heavy atom. The van der Waals surface area contributed by atoms with E-state index in [1.54, 1.807) is 30.3 Å². The molecule has 1 heterocycles. The van der Waals surface area contributed by atoms with Gasteiger partial charge >= 0.3 is 5.97 Å². The van der Waals surface area contributed by atoms with E-state index in [2.05, 4.69) is 5.10 Å². The molecule has 0 atom stereocenters. The summed E-state index contributed by atoms with van der Waals surface area (Å²) in [5.41, 5.74) is -0.838. The van der Waals surface area contributed by atoms with Crippen molar-refractivity contribution in [1.29, 1.82) is 0 Å². The number of hydrogen-bond acceptors (Lipinski definition) is 3. The maximum Gasteiger partial charge on any atom is 0.347 e. The first kappa shape index (κ1) is 18.6. The molecular weight excluding hydrogens is 364 g/mol. The summed E-state index contributed by atoms with van der Waals surface area (Å²) in [6, 6.07) is 9.22. The van der Waals surface area contributed by atoms with Gasteiger partial charge in [-0.3, -0.25) is 4.68 Å². The molecule has 0 bridgehead atoms. The summed E-state index contributed by atoms with van der Waals surface area (Å²) in [5, 5.41) is 3.54. The van der Waals surface area contributed by atoms with Gasteiger partial charge in [0.2, 0.25) is 0 Å². The van der Waals surface area contributed by atoms with Gasteiger partial charge in [0.1, 0.15) is 17.0 Å². The molecule has 1 aromatic heterocycles. The minimum Gasteiger partial charge on any atom is -0.422 e. The van der Waals surface area contributed by atoms with E-state index in [0.29, 0.717) is 5.56 Å². The summed E-state index contributed by atoms with van der Waals surface area (Å²) in [6.45, 7) is 1.24. The summed E-state index contributed by atoms with van der Waals surface area (Å²) in [7, 11) is 1.38. The summed E-state index contributed by atoms with van der Waals surface area (Å²) in [5.74, 6) is -3.67. The number of aromatic nitrogens is 2. The van der Waals surface area contributed by atoms with Crippen LogP contribution in [-0.4, -0.2) is 15.7 Å². The van der Waals surface area contributed by atoms with Crippen LogP contribution < -0.4 is 4.74 Å². The third kappa shape index (κ3) is 3.55. The number of hydrogen-bond donors (Lipinski definition) is 0. The third-order valence-corrected chi connectivity index (χ3v) is 3.96. The number of carbonyl (C=O) groups excluding carboxylic acids is 1. The lowest BCUT2D eigenvalue weighted by molar-refractivity contribution is 0.0720. The summed E-state index contributed by atoms with van der Waals surface area (Å²) in [4.78, 5) is 12.5. The smallest absolute Gasteiger partial charge is 0.347 e. The molecule has 140 valence electrons. The molecule has 0 spiro atoms. The van der Waals surface area contributed by atoms with Gasteiger partial charge in [0.15, 0.2) is 11.6 Å². The molecule has 0 fully saturated rings. The lowest BCUT2D eigenvalue weighted by atomic mass is 10.0. The van der Waals surface area contributed by atoms with Gasteiger partial charge in [0, 0.05) is 24.4 Å². The second-order valence-corrected chi connectivity index (χ2v) is 5.83. The van der Waals surface area contributed by atoms with E-state index in [-0.39, 0.29) is 16.9 Å². The van der Waals surface area contributed by atoms with Crippen LogP contribution in [0.4, 0.5) is 17.6 Å². The Balaban J connectivity index is 2.09. The highest BCUT2D eigenvalue weighted by Gasteiger charge is 2.27. The van der Waals surface area contributed by atoms with Crippen molar-refractivity contribution in [2.75, 3.05) is 0 Å². The second kappa shape index (κ2) is 7.22. The fraction of sp³-hybridized carbons (Fsp3) is 0.158. The Hall–Kier alpha value is -3.16. The minimum atomic E-state index is -2.99. The molecule has 0 unspecified atom stereocenters. The number of aryl methyl sites for hydroxylation is 1. The Morgan fingerprint density at radius 1 is 1.19 bits per heavy atom. The zero-order valence-electron chi connectivity index (χ0n) is 14.3. The average Bonchev–Trinajstić information content (AvgIpc) is 3.05. The zero-order valence-corrected chi connectivity index (χ0v) is 14.3. The number of benzene rings is 2. The minimum absolute atomic E-state index is 0.128. The largest absolute Gasteiger partial charge is 0.422 e. The predicted molar refractivity (Wildman–Crippen MR) is 89.7 cm³/mol. The molecule has 3 aromatic rings. The molecule has 0 saturated carbocycles. The highest BCUT2D eigenvalue weighted by molar-refractivity contribution is 5.93. The number of ether oxygens (including phenoxy) is 1. The van der Waals surface area contributed by atoms with Crippen LogP contribution in [0.5, 0.6) is 5.75 Å². The van der Waals surface area contributed by atoms with Gasteiger partial charge in [-0.15, -0.1) is 0 Å². The van der Waals surface area contributed by atoms with Crippen molar-refractivity contribution < 1.29 is 27.1 Å². The monoisotopic (exact) mass is 378 g/mol. The van der Waals surface area contributed by atoms with E-state index >= 15 is 0 Å². The second-order valence-electron chi connectivity index (χ2n) is 5.83. The van der Waals surface area contributed by atoms with Crippen molar-refractivity contribution in [3.8, 4) is 16.9 Å². The van der Waals surface area contributed by atoms with Crippen molar-refractivity contribution >= 4 is 5.97 Å². The van der Waals surface area contributed by atoms with Gasteiger partial charge in [-0.05, 0) is 18.6 Å². The number of nitrogens with zero attached hydrogens (tertiary/aromatic N) is 2. The van der Waals surface area contributed by atoms with E-state index in [1.807, 2.05) is 0 Å². The average molecular weight is 378 g/mol. The quantitative estimate of drug-likeness (QED) is 0.371. The van der Waals surface area contributed by atoms with Crippen LogP contribution in [0.25, 0.3) is 11.1 Å². The van der Waals surface area contributed by atoms with Crippen LogP contribution in [0.1, 0.15) is 28.0 Å². The zero-order chi connectivity index (χ0) is 19.7. The normalized spacial score (nSPS) is 11.1. The number of alkyl halides is 2. The van der Waals surface area contributed by atoms with Crippen molar-refractivity contribution in [2.45, 2.75) is 13.3 Å². The highest BCUT2D eigenvalue weighted by Crippen LogP contribution is 2.36. The van der Waals surface area contributed by atoms with E-state index in [0.717, 1.165) is 16.9 Å². The van der Waals surface area contributed by atoms with Crippen molar-refractivity contribution in [3.63, 3.8) is 0 Å². The number of halogens is 4. The standard InChI is InChI=1S/C19H14F4N2O2/c1-10-15(21)14(20)8-12(11-6-4-3-5-7-11)17(10)27-19(26)13-9-25(2)24-16(13)18(22)23/h3-9,18H,1-2H3. The Morgan fingerprint density at radius 3 is 2.48 bits per heavy atom. The topological polar surface area (TPSA) is 44.1 Å². The van der Waals surface area contributed by atoms with E-state index in [4.69, 9.17) is 4.74 Å². The third-order valence-electron chi connectivity index (χ3n) is 3.96. The first-order valence-corrected chi connectivity index (χ1v) is 7.87. The lowest BCUT2D eigenvalue weighted by Gasteiger charge is -2.14. The molecule has 27 heavy (non-hydrogen) atoms. The Labute approximate surface area is 152 Å². The van der Waals surface area contributed by atoms with Crippen LogP contribution in [0.3, 0.4) is 0 Å².